The lowest BCUT2D eigenvalue weighted by molar-refractivity contribution is -0.388. The number of carbonyl (C=O) groups is 1. The van der Waals surface area contributed by atoms with Crippen LogP contribution in [0.5, 0.6) is 0 Å². The van der Waals surface area contributed by atoms with Crippen molar-refractivity contribution in [1.29, 1.82) is 0 Å². The predicted molar refractivity (Wildman–Crippen MR) is 60.5 cm³/mol. The Balaban J connectivity index is 1.93. The van der Waals surface area contributed by atoms with E-state index in [9.17, 15) is 14.9 Å². The number of hydrogen-bond donors (Lipinski definition) is 2. The van der Waals surface area contributed by atoms with E-state index in [0.29, 0.717) is 0 Å². The third-order valence-electron chi connectivity index (χ3n) is 2.34. The molecule has 1 aliphatic rings. The minimum atomic E-state index is -0.582. The van der Waals surface area contributed by atoms with Gasteiger partial charge in [-0.3, -0.25) is 4.79 Å². The summed E-state index contributed by atoms with van der Waals surface area (Å²) in [7, 11) is 0. The van der Waals surface area contributed by atoms with Crippen molar-refractivity contribution in [3.63, 3.8) is 0 Å². The first-order valence-electron chi connectivity index (χ1n) is 5.29. The molecule has 7 heteroatoms. The molecule has 0 atom stereocenters. The van der Waals surface area contributed by atoms with Crippen LogP contribution >= 0.6 is 0 Å². The first-order chi connectivity index (χ1) is 8.16. The molecule has 7 nitrogen and oxygen atoms in total. The van der Waals surface area contributed by atoms with Crippen molar-refractivity contribution < 1.29 is 9.72 Å². The standard InChI is InChI=1S/C10H12N4O3/c15-9(13-7-3-4-7)6-12-8-2-1-5-11-10(8)14(16)17/h1-2,5,7,12H,3-4,6H2,(H,13,15). The third-order valence-corrected chi connectivity index (χ3v) is 2.34. The quantitative estimate of drug-likeness (QED) is 0.578. The molecule has 90 valence electrons. The minimum Gasteiger partial charge on any atom is -0.369 e. The van der Waals surface area contributed by atoms with E-state index in [1.54, 1.807) is 6.07 Å². The van der Waals surface area contributed by atoms with E-state index in [1.807, 2.05) is 0 Å². The number of anilines is 1. The first-order valence-corrected chi connectivity index (χ1v) is 5.29. The SMILES string of the molecule is O=C(CNc1cccnc1[N+](=O)[O-])NC1CC1. The molecular weight excluding hydrogens is 224 g/mol. The summed E-state index contributed by atoms with van der Waals surface area (Å²) in [5.41, 5.74) is 0.253. The molecule has 17 heavy (non-hydrogen) atoms. The molecule has 1 saturated carbocycles. The summed E-state index contributed by atoms with van der Waals surface area (Å²) in [6, 6.07) is 3.39. The van der Waals surface area contributed by atoms with Crippen molar-refractivity contribution in [2.75, 3.05) is 11.9 Å². The van der Waals surface area contributed by atoms with Gasteiger partial charge in [0.2, 0.25) is 5.91 Å². The van der Waals surface area contributed by atoms with Crippen LogP contribution in [-0.2, 0) is 4.79 Å². The molecule has 2 N–H and O–H groups in total. The van der Waals surface area contributed by atoms with E-state index < -0.39 is 4.92 Å². The van der Waals surface area contributed by atoms with E-state index >= 15 is 0 Å². The largest absolute Gasteiger partial charge is 0.386 e. The maximum absolute atomic E-state index is 11.4. The smallest absolute Gasteiger partial charge is 0.369 e. The highest BCUT2D eigenvalue weighted by Gasteiger charge is 2.23. The maximum Gasteiger partial charge on any atom is 0.386 e. The second-order valence-corrected chi connectivity index (χ2v) is 3.83. The Morgan fingerprint density at radius 1 is 1.59 bits per heavy atom. The van der Waals surface area contributed by atoms with Crippen LogP contribution in [0.3, 0.4) is 0 Å². The van der Waals surface area contributed by atoms with Gasteiger partial charge in [0.15, 0.2) is 0 Å². The zero-order valence-electron chi connectivity index (χ0n) is 9.05. The molecule has 1 aromatic heterocycles. The predicted octanol–water partition coefficient (Wildman–Crippen LogP) is 0.680. The van der Waals surface area contributed by atoms with Gasteiger partial charge in [-0.2, -0.15) is 0 Å². The Morgan fingerprint density at radius 3 is 3.00 bits per heavy atom. The molecule has 1 amide bonds. The first kappa shape index (κ1) is 11.3. The molecule has 1 heterocycles. The van der Waals surface area contributed by atoms with Crippen LogP contribution < -0.4 is 10.6 Å². The number of nitrogens with one attached hydrogen (secondary N) is 2. The monoisotopic (exact) mass is 236 g/mol. The average Bonchev–Trinajstić information content (AvgIpc) is 3.10. The Labute approximate surface area is 97.4 Å². The van der Waals surface area contributed by atoms with Crippen molar-refractivity contribution in [2.24, 2.45) is 0 Å². The van der Waals surface area contributed by atoms with Crippen molar-refractivity contribution in [1.82, 2.24) is 10.3 Å². The van der Waals surface area contributed by atoms with Crippen LogP contribution in [0.15, 0.2) is 18.3 Å². The molecule has 0 aliphatic heterocycles. The summed E-state index contributed by atoms with van der Waals surface area (Å²) in [6.07, 6.45) is 3.37. The molecule has 0 spiro atoms. The second-order valence-electron chi connectivity index (χ2n) is 3.83. The number of pyridine rings is 1. The van der Waals surface area contributed by atoms with Gasteiger partial charge in [-0.15, -0.1) is 0 Å². The molecular formula is C10H12N4O3. The lowest BCUT2D eigenvalue weighted by atomic mass is 10.3. The summed E-state index contributed by atoms with van der Waals surface area (Å²) >= 11 is 0. The minimum absolute atomic E-state index is 0.0169. The van der Waals surface area contributed by atoms with Gasteiger partial charge in [-0.1, -0.05) is 0 Å². The van der Waals surface area contributed by atoms with E-state index in [2.05, 4.69) is 15.6 Å². The van der Waals surface area contributed by atoms with Gasteiger partial charge in [0.05, 0.1) is 6.54 Å². The summed E-state index contributed by atoms with van der Waals surface area (Å²) in [4.78, 5) is 25.1. The summed E-state index contributed by atoms with van der Waals surface area (Å²) in [5, 5.41) is 16.1. The normalized spacial score (nSPS) is 14.1. The molecule has 2 rings (SSSR count). The van der Waals surface area contributed by atoms with Gasteiger partial charge in [-0.25, -0.2) is 0 Å². The van der Waals surface area contributed by atoms with Gasteiger partial charge >= 0.3 is 5.82 Å². The molecule has 0 saturated heterocycles. The van der Waals surface area contributed by atoms with Crippen molar-refractivity contribution in [2.45, 2.75) is 18.9 Å². The lowest BCUT2D eigenvalue weighted by Gasteiger charge is -2.06. The summed E-state index contributed by atoms with van der Waals surface area (Å²) in [6.45, 7) is 0.0169. The zero-order chi connectivity index (χ0) is 12.3. The lowest BCUT2D eigenvalue weighted by Crippen LogP contribution is -2.31. The van der Waals surface area contributed by atoms with Crippen molar-refractivity contribution >= 4 is 17.4 Å². The Kier molecular flexibility index (Phi) is 3.17. The fourth-order valence-corrected chi connectivity index (χ4v) is 1.36. The highest BCUT2D eigenvalue weighted by molar-refractivity contribution is 5.81. The van der Waals surface area contributed by atoms with Gasteiger partial charge < -0.3 is 20.7 Å². The molecule has 0 bridgehead atoms. The van der Waals surface area contributed by atoms with Crippen LogP contribution in [0, 0.1) is 10.1 Å². The van der Waals surface area contributed by atoms with Crippen molar-refractivity contribution in [3.8, 4) is 0 Å². The topological polar surface area (TPSA) is 97.2 Å². The molecule has 0 radical (unpaired) electrons. The highest BCUT2D eigenvalue weighted by Crippen LogP contribution is 2.20. The van der Waals surface area contributed by atoms with Crippen molar-refractivity contribution in [3.05, 3.63) is 28.4 Å². The number of rotatable bonds is 5. The Hall–Kier alpha value is -2.18. The fraction of sp³-hybridized carbons (Fsp3) is 0.400. The van der Waals surface area contributed by atoms with E-state index in [1.165, 1.54) is 12.3 Å². The Bertz CT molecular complexity index is 445. The number of nitro groups is 1. The maximum atomic E-state index is 11.4. The molecule has 0 unspecified atom stereocenters. The fourth-order valence-electron chi connectivity index (χ4n) is 1.36. The van der Waals surface area contributed by atoms with Gasteiger partial charge in [0, 0.05) is 6.04 Å². The van der Waals surface area contributed by atoms with Crippen LogP contribution in [-0.4, -0.2) is 28.4 Å². The average molecular weight is 236 g/mol. The van der Waals surface area contributed by atoms with Gasteiger partial charge in [0.1, 0.15) is 11.9 Å². The molecule has 1 fully saturated rings. The highest BCUT2D eigenvalue weighted by atomic mass is 16.6. The van der Waals surface area contributed by atoms with Crippen LogP contribution in [0.2, 0.25) is 0 Å². The van der Waals surface area contributed by atoms with Crippen LogP contribution in [0.25, 0.3) is 0 Å². The number of amides is 1. The number of carbonyl (C=O) groups excluding carboxylic acids is 1. The van der Waals surface area contributed by atoms with E-state index in [0.717, 1.165) is 12.8 Å². The van der Waals surface area contributed by atoms with Gasteiger partial charge in [-0.05, 0) is 34.9 Å². The molecule has 1 aromatic rings. The third kappa shape index (κ3) is 3.13. The van der Waals surface area contributed by atoms with E-state index in [-0.39, 0.29) is 30.0 Å². The second kappa shape index (κ2) is 4.77. The Morgan fingerprint density at radius 2 is 2.35 bits per heavy atom. The molecule has 1 aliphatic carbocycles. The molecule has 0 aromatic carbocycles. The van der Waals surface area contributed by atoms with Gasteiger partial charge in [0.25, 0.3) is 0 Å². The van der Waals surface area contributed by atoms with Crippen LogP contribution in [0.1, 0.15) is 12.8 Å². The number of aromatic nitrogens is 1. The summed E-state index contributed by atoms with van der Waals surface area (Å²) in [5.74, 6) is -0.433. The number of nitrogens with zero attached hydrogens (tertiary/aromatic N) is 2. The summed E-state index contributed by atoms with van der Waals surface area (Å²) < 4.78 is 0. The zero-order valence-corrected chi connectivity index (χ0v) is 9.05. The van der Waals surface area contributed by atoms with E-state index in [4.69, 9.17) is 0 Å². The van der Waals surface area contributed by atoms with Crippen LogP contribution in [0.4, 0.5) is 11.5 Å². The number of hydrogen-bond acceptors (Lipinski definition) is 5.